The first-order valence-corrected chi connectivity index (χ1v) is 8.82. The first-order valence-electron chi connectivity index (χ1n) is 7.38. The monoisotopic (exact) mass is 339 g/mol. The van der Waals surface area contributed by atoms with Crippen LogP contribution >= 0.6 is 0 Å². The molecule has 0 bridgehead atoms. The average Bonchev–Trinajstić information content (AvgIpc) is 2.88. The first-order chi connectivity index (χ1) is 10.8. The van der Waals surface area contributed by atoms with Gasteiger partial charge in [0.1, 0.15) is 12.4 Å². The Bertz CT molecular complexity index is 825. The van der Waals surface area contributed by atoms with Gasteiger partial charge in [-0.05, 0) is 25.1 Å². The molecule has 2 aromatic rings. The Hall–Kier alpha value is -1.93. The summed E-state index contributed by atoms with van der Waals surface area (Å²) >= 11 is 0. The van der Waals surface area contributed by atoms with Crippen LogP contribution in [-0.4, -0.2) is 42.3 Å². The highest BCUT2D eigenvalue weighted by Crippen LogP contribution is 2.22. The number of aromatic nitrogens is 2. The molecule has 7 nitrogen and oxygen atoms in total. The highest BCUT2D eigenvalue weighted by atomic mass is 32.2. The minimum atomic E-state index is -3.51. The molecule has 126 valence electrons. The number of benzene rings is 1. The van der Waals surface area contributed by atoms with E-state index in [4.69, 9.17) is 4.74 Å². The summed E-state index contributed by atoms with van der Waals surface area (Å²) in [6.45, 7) is 4.40. The lowest BCUT2D eigenvalue weighted by Crippen LogP contribution is -2.22. The molecule has 0 N–H and O–H groups in total. The highest BCUT2D eigenvalue weighted by molar-refractivity contribution is 7.89. The van der Waals surface area contributed by atoms with Crippen LogP contribution in [0.4, 0.5) is 0 Å². The molecule has 23 heavy (non-hydrogen) atoms. The predicted molar refractivity (Wildman–Crippen MR) is 86.4 cm³/mol. The van der Waals surface area contributed by atoms with E-state index in [1.54, 1.807) is 25.1 Å². The minimum Gasteiger partial charge on any atom is -0.458 e. The van der Waals surface area contributed by atoms with E-state index in [0.717, 1.165) is 9.82 Å². The minimum absolute atomic E-state index is 0.0744. The van der Waals surface area contributed by atoms with E-state index in [1.807, 2.05) is 11.5 Å². The van der Waals surface area contributed by atoms with Crippen LogP contribution in [0.1, 0.15) is 26.1 Å². The number of sulfonamides is 1. The molecule has 0 radical (unpaired) electrons. The molecule has 0 fully saturated rings. The van der Waals surface area contributed by atoms with Crippen molar-refractivity contribution in [1.29, 1.82) is 0 Å². The molecule has 0 amide bonds. The fourth-order valence-electron chi connectivity index (χ4n) is 2.24. The van der Waals surface area contributed by atoms with Crippen LogP contribution < -0.4 is 0 Å². The summed E-state index contributed by atoms with van der Waals surface area (Å²) in [4.78, 5) is 15.9. The van der Waals surface area contributed by atoms with Gasteiger partial charge in [-0.25, -0.2) is 17.7 Å². The van der Waals surface area contributed by atoms with Crippen LogP contribution in [0.5, 0.6) is 0 Å². The smallest absolute Gasteiger partial charge is 0.305 e. The van der Waals surface area contributed by atoms with Gasteiger partial charge in [0.15, 0.2) is 0 Å². The molecule has 2 rings (SSSR count). The number of esters is 1. The van der Waals surface area contributed by atoms with Gasteiger partial charge in [0.25, 0.3) is 0 Å². The molecule has 8 heteroatoms. The van der Waals surface area contributed by atoms with Crippen LogP contribution in [0.2, 0.25) is 0 Å². The van der Waals surface area contributed by atoms with Gasteiger partial charge in [-0.2, -0.15) is 0 Å². The van der Waals surface area contributed by atoms with E-state index in [0.29, 0.717) is 24.3 Å². The number of aryl methyl sites for hydroxylation is 1. The highest BCUT2D eigenvalue weighted by Gasteiger charge is 2.19. The van der Waals surface area contributed by atoms with Crippen LogP contribution in [0.3, 0.4) is 0 Å². The van der Waals surface area contributed by atoms with E-state index >= 15 is 0 Å². The van der Waals surface area contributed by atoms with Crippen molar-refractivity contribution in [2.45, 2.75) is 38.3 Å². The van der Waals surface area contributed by atoms with E-state index < -0.39 is 10.0 Å². The maximum Gasteiger partial charge on any atom is 0.305 e. The number of nitrogens with zero attached hydrogens (tertiary/aromatic N) is 3. The van der Waals surface area contributed by atoms with Crippen molar-refractivity contribution in [2.24, 2.45) is 0 Å². The number of ether oxygens (including phenoxy) is 1. The van der Waals surface area contributed by atoms with Gasteiger partial charge in [0, 0.05) is 27.1 Å². The topological polar surface area (TPSA) is 81.5 Å². The van der Waals surface area contributed by atoms with Gasteiger partial charge < -0.3 is 9.30 Å². The molecular formula is C15H21N3O4S. The van der Waals surface area contributed by atoms with Crippen LogP contribution in [0, 0.1) is 0 Å². The largest absolute Gasteiger partial charge is 0.458 e. The number of hydrogen-bond acceptors (Lipinski definition) is 5. The summed E-state index contributed by atoms with van der Waals surface area (Å²) in [6.07, 6.45) is 0.303. The number of hydrogen-bond donors (Lipinski definition) is 0. The molecule has 1 heterocycles. The lowest BCUT2D eigenvalue weighted by Gasteiger charge is -2.11. The van der Waals surface area contributed by atoms with Crippen LogP contribution in [-0.2, 0) is 32.7 Å². The van der Waals surface area contributed by atoms with Crippen molar-refractivity contribution < 1.29 is 17.9 Å². The lowest BCUT2D eigenvalue weighted by molar-refractivity contribution is -0.144. The summed E-state index contributed by atoms with van der Waals surface area (Å²) < 4.78 is 32.6. The Labute approximate surface area is 135 Å². The number of carbonyl (C=O) groups is 1. The summed E-state index contributed by atoms with van der Waals surface area (Å²) in [5.41, 5.74) is 1.38. The first kappa shape index (κ1) is 17.4. The molecule has 0 aliphatic rings. The van der Waals surface area contributed by atoms with Gasteiger partial charge in [-0.3, -0.25) is 4.79 Å². The zero-order chi connectivity index (χ0) is 17.2. The van der Waals surface area contributed by atoms with Crippen molar-refractivity contribution >= 4 is 27.0 Å². The van der Waals surface area contributed by atoms with Crippen molar-refractivity contribution in [3.05, 3.63) is 24.0 Å². The van der Waals surface area contributed by atoms with E-state index in [-0.39, 0.29) is 17.5 Å². The molecule has 0 unspecified atom stereocenters. The number of rotatable bonds is 6. The fourth-order valence-corrected chi connectivity index (χ4v) is 3.16. The average molecular weight is 339 g/mol. The molecule has 0 aliphatic carbocycles. The molecule has 0 spiro atoms. The van der Waals surface area contributed by atoms with Gasteiger partial charge in [-0.1, -0.05) is 6.92 Å². The molecular weight excluding hydrogens is 318 g/mol. The standard InChI is InChI=1S/C15H21N3O4S/c1-5-15(19)22-10-14-16-12-9-11(23(20,21)17(3)4)7-8-13(12)18(14)6-2/h7-9H,5-6,10H2,1-4H3. The van der Waals surface area contributed by atoms with Gasteiger partial charge in [0.2, 0.25) is 10.0 Å². The Kier molecular flexibility index (Phi) is 5.06. The molecule has 0 saturated carbocycles. The fraction of sp³-hybridized carbons (Fsp3) is 0.467. The zero-order valence-electron chi connectivity index (χ0n) is 13.7. The molecule has 1 aromatic heterocycles. The van der Waals surface area contributed by atoms with E-state index in [9.17, 15) is 13.2 Å². The van der Waals surface area contributed by atoms with Crippen molar-refractivity contribution in [2.75, 3.05) is 14.1 Å². The third-order valence-corrected chi connectivity index (χ3v) is 5.36. The third kappa shape index (κ3) is 3.37. The number of imidazole rings is 1. The summed E-state index contributed by atoms with van der Waals surface area (Å²) in [5.74, 6) is 0.305. The normalized spacial score (nSPS) is 12.0. The molecule has 0 saturated heterocycles. The maximum absolute atomic E-state index is 12.2. The van der Waals surface area contributed by atoms with Crippen molar-refractivity contribution in [3.63, 3.8) is 0 Å². The molecule has 0 aliphatic heterocycles. The van der Waals surface area contributed by atoms with E-state index in [2.05, 4.69) is 4.98 Å². The van der Waals surface area contributed by atoms with Crippen molar-refractivity contribution in [3.8, 4) is 0 Å². The van der Waals surface area contributed by atoms with Crippen LogP contribution in [0.25, 0.3) is 11.0 Å². The van der Waals surface area contributed by atoms with Gasteiger partial charge in [-0.15, -0.1) is 0 Å². The zero-order valence-corrected chi connectivity index (χ0v) is 14.6. The number of fused-ring (bicyclic) bond motifs is 1. The Morgan fingerprint density at radius 2 is 2.00 bits per heavy atom. The maximum atomic E-state index is 12.2. The lowest BCUT2D eigenvalue weighted by atomic mass is 10.3. The molecule has 1 aromatic carbocycles. The predicted octanol–water partition coefficient (Wildman–Crippen LogP) is 1.76. The number of carbonyl (C=O) groups excluding carboxylic acids is 1. The second-order valence-corrected chi connectivity index (χ2v) is 7.38. The van der Waals surface area contributed by atoms with Crippen LogP contribution in [0.15, 0.2) is 23.1 Å². The second kappa shape index (κ2) is 6.67. The molecule has 0 atom stereocenters. The van der Waals surface area contributed by atoms with E-state index in [1.165, 1.54) is 14.1 Å². The second-order valence-electron chi connectivity index (χ2n) is 5.22. The van der Waals surface area contributed by atoms with Gasteiger partial charge in [0.05, 0.1) is 15.9 Å². The summed E-state index contributed by atoms with van der Waals surface area (Å²) in [5, 5.41) is 0. The van der Waals surface area contributed by atoms with Crippen molar-refractivity contribution in [1.82, 2.24) is 13.9 Å². The quantitative estimate of drug-likeness (QED) is 0.749. The Morgan fingerprint density at radius 3 is 2.57 bits per heavy atom. The SMILES string of the molecule is CCC(=O)OCc1nc2cc(S(=O)(=O)N(C)C)ccc2n1CC. The third-order valence-electron chi connectivity index (χ3n) is 3.54. The Morgan fingerprint density at radius 1 is 1.30 bits per heavy atom. The summed E-state index contributed by atoms with van der Waals surface area (Å²) in [7, 11) is -0.538. The van der Waals surface area contributed by atoms with Gasteiger partial charge >= 0.3 is 5.97 Å². The summed E-state index contributed by atoms with van der Waals surface area (Å²) in [6, 6.07) is 4.84. The Balaban J connectivity index is 2.46.